The van der Waals surface area contributed by atoms with Gasteiger partial charge in [0.2, 0.25) is 0 Å². The molecule has 1 unspecified atom stereocenters. The quantitative estimate of drug-likeness (QED) is 0.612. The Morgan fingerprint density at radius 3 is 2.57 bits per heavy atom. The van der Waals surface area contributed by atoms with E-state index in [1.807, 2.05) is 0 Å². The van der Waals surface area contributed by atoms with E-state index in [0.29, 0.717) is 30.2 Å². The standard InChI is InChI=1S/C17H23N7O4/c1-11-9-14(24(27)28)20-23(11)12(2)16(25)19-13-10-18-21(3)15(13)17(26)22-7-5-4-6-8-22/h9-10,12H,4-8H2,1-3H3,(H,19,25). The highest BCUT2D eigenvalue weighted by Crippen LogP contribution is 2.22. The second-order valence-electron chi connectivity index (χ2n) is 6.89. The van der Waals surface area contributed by atoms with Crippen LogP contribution in [0.2, 0.25) is 0 Å². The maximum absolute atomic E-state index is 12.9. The van der Waals surface area contributed by atoms with Crippen LogP contribution < -0.4 is 5.32 Å². The number of rotatable bonds is 5. The Bertz CT molecular complexity index is 911. The van der Waals surface area contributed by atoms with Gasteiger partial charge in [0.05, 0.1) is 28.7 Å². The van der Waals surface area contributed by atoms with E-state index in [4.69, 9.17) is 0 Å². The maximum Gasteiger partial charge on any atom is 0.390 e. The molecule has 1 N–H and O–H groups in total. The molecule has 2 amide bonds. The highest BCUT2D eigenvalue weighted by Gasteiger charge is 2.28. The SMILES string of the molecule is Cc1cc([N+](=O)[O-])nn1C(C)C(=O)Nc1cnn(C)c1C(=O)N1CCCCC1. The molecule has 0 saturated carbocycles. The summed E-state index contributed by atoms with van der Waals surface area (Å²) < 4.78 is 2.73. The Labute approximate surface area is 161 Å². The van der Waals surface area contributed by atoms with Crippen molar-refractivity contribution >= 4 is 23.3 Å². The molecule has 1 aliphatic heterocycles. The summed E-state index contributed by atoms with van der Waals surface area (Å²) in [5.41, 5.74) is 1.12. The number of hydrogen-bond acceptors (Lipinski definition) is 6. The number of piperidine rings is 1. The number of likely N-dealkylation sites (tertiary alicyclic amines) is 1. The zero-order valence-corrected chi connectivity index (χ0v) is 16.1. The molecule has 11 heteroatoms. The zero-order chi connectivity index (χ0) is 20.4. The predicted octanol–water partition coefficient (Wildman–Crippen LogP) is 1.66. The fourth-order valence-corrected chi connectivity index (χ4v) is 3.33. The fraction of sp³-hybridized carbons (Fsp3) is 0.529. The van der Waals surface area contributed by atoms with Crippen molar-refractivity contribution < 1.29 is 14.5 Å². The zero-order valence-electron chi connectivity index (χ0n) is 16.1. The monoisotopic (exact) mass is 389 g/mol. The van der Waals surface area contributed by atoms with Crippen LogP contribution in [0.3, 0.4) is 0 Å². The van der Waals surface area contributed by atoms with E-state index in [2.05, 4.69) is 15.5 Å². The van der Waals surface area contributed by atoms with Gasteiger partial charge in [-0.15, -0.1) is 0 Å². The van der Waals surface area contributed by atoms with E-state index in [1.165, 1.54) is 21.6 Å². The van der Waals surface area contributed by atoms with Gasteiger partial charge < -0.3 is 20.3 Å². The number of amides is 2. The van der Waals surface area contributed by atoms with E-state index < -0.39 is 16.9 Å². The van der Waals surface area contributed by atoms with Crippen LogP contribution in [0, 0.1) is 17.0 Å². The fourth-order valence-electron chi connectivity index (χ4n) is 3.33. The minimum Gasteiger partial charge on any atom is -0.358 e. The van der Waals surface area contributed by atoms with E-state index in [0.717, 1.165) is 19.3 Å². The molecule has 150 valence electrons. The lowest BCUT2D eigenvalue weighted by atomic mass is 10.1. The molecule has 1 fully saturated rings. The summed E-state index contributed by atoms with van der Waals surface area (Å²) >= 11 is 0. The number of nitrogens with one attached hydrogen (secondary N) is 1. The second kappa shape index (κ2) is 7.79. The number of aryl methyl sites for hydroxylation is 2. The Kier molecular flexibility index (Phi) is 5.43. The molecule has 0 aliphatic carbocycles. The van der Waals surface area contributed by atoms with Crippen molar-refractivity contribution in [2.75, 3.05) is 18.4 Å². The smallest absolute Gasteiger partial charge is 0.358 e. The molecule has 2 aromatic rings. The molecule has 0 spiro atoms. The van der Waals surface area contributed by atoms with Crippen LogP contribution in [0.1, 0.15) is 48.4 Å². The molecule has 1 aliphatic rings. The lowest BCUT2D eigenvalue weighted by molar-refractivity contribution is -0.389. The molecular formula is C17H23N7O4. The lowest BCUT2D eigenvalue weighted by Crippen LogP contribution is -2.37. The molecule has 0 aromatic carbocycles. The average molecular weight is 389 g/mol. The number of carbonyl (C=O) groups is 2. The van der Waals surface area contributed by atoms with Crippen LogP contribution in [-0.4, -0.2) is 54.3 Å². The van der Waals surface area contributed by atoms with Gasteiger partial charge in [0, 0.05) is 20.1 Å². The number of nitro groups is 1. The summed E-state index contributed by atoms with van der Waals surface area (Å²) in [6.45, 7) is 4.59. The normalized spacial score (nSPS) is 15.3. The Morgan fingerprint density at radius 1 is 1.29 bits per heavy atom. The third-order valence-corrected chi connectivity index (χ3v) is 4.89. The van der Waals surface area contributed by atoms with Crippen LogP contribution in [0.5, 0.6) is 0 Å². The van der Waals surface area contributed by atoms with Gasteiger partial charge in [0.15, 0.2) is 0 Å². The lowest BCUT2D eigenvalue weighted by Gasteiger charge is -2.27. The second-order valence-corrected chi connectivity index (χ2v) is 6.89. The predicted molar refractivity (Wildman–Crippen MR) is 99.9 cm³/mol. The Morgan fingerprint density at radius 2 is 1.96 bits per heavy atom. The highest BCUT2D eigenvalue weighted by atomic mass is 16.6. The van der Waals surface area contributed by atoms with Crippen molar-refractivity contribution in [1.82, 2.24) is 24.5 Å². The van der Waals surface area contributed by atoms with Crippen molar-refractivity contribution in [3.05, 3.63) is 33.8 Å². The Balaban J connectivity index is 1.79. The van der Waals surface area contributed by atoms with E-state index in [-0.39, 0.29) is 11.7 Å². The molecule has 2 aromatic heterocycles. The third kappa shape index (κ3) is 3.73. The molecule has 28 heavy (non-hydrogen) atoms. The van der Waals surface area contributed by atoms with Crippen molar-refractivity contribution in [3.8, 4) is 0 Å². The van der Waals surface area contributed by atoms with Gasteiger partial charge in [-0.05, 0) is 38.0 Å². The van der Waals surface area contributed by atoms with Crippen molar-refractivity contribution in [3.63, 3.8) is 0 Å². The van der Waals surface area contributed by atoms with Gasteiger partial charge in [-0.1, -0.05) is 0 Å². The number of hydrogen-bond donors (Lipinski definition) is 1. The minimum absolute atomic E-state index is 0.173. The molecule has 11 nitrogen and oxygen atoms in total. The van der Waals surface area contributed by atoms with Crippen molar-refractivity contribution in [2.24, 2.45) is 7.05 Å². The van der Waals surface area contributed by atoms with E-state index in [1.54, 1.807) is 25.8 Å². The molecule has 0 bridgehead atoms. The summed E-state index contributed by atoms with van der Waals surface area (Å²) in [5.74, 6) is -0.935. The summed E-state index contributed by atoms with van der Waals surface area (Å²) in [5, 5.41) is 21.6. The number of aromatic nitrogens is 4. The van der Waals surface area contributed by atoms with E-state index in [9.17, 15) is 19.7 Å². The summed E-state index contributed by atoms with van der Waals surface area (Å²) in [6.07, 6.45) is 4.45. The van der Waals surface area contributed by atoms with Crippen LogP contribution in [0.25, 0.3) is 0 Å². The Hall–Kier alpha value is -3.24. The number of nitrogens with zero attached hydrogens (tertiary/aromatic N) is 6. The summed E-state index contributed by atoms with van der Waals surface area (Å²) in [4.78, 5) is 37.6. The molecule has 1 atom stereocenters. The van der Waals surface area contributed by atoms with Crippen molar-refractivity contribution in [1.29, 1.82) is 0 Å². The first-order valence-corrected chi connectivity index (χ1v) is 9.12. The van der Waals surface area contributed by atoms with Gasteiger partial charge in [0.1, 0.15) is 11.7 Å². The largest absolute Gasteiger partial charge is 0.390 e. The molecule has 1 saturated heterocycles. The number of anilines is 1. The van der Waals surface area contributed by atoms with Gasteiger partial charge >= 0.3 is 5.82 Å². The minimum atomic E-state index is -0.799. The van der Waals surface area contributed by atoms with Gasteiger partial charge in [-0.3, -0.25) is 14.3 Å². The van der Waals surface area contributed by atoms with Crippen LogP contribution >= 0.6 is 0 Å². The van der Waals surface area contributed by atoms with Gasteiger partial charge in [-0.25, -0.2) is 0 Å². The first-order chi connectivity index (χ1) is 13.3. The van der Waals surface area contributed by atoms with Crippen LogP contribution in [0.4, 0.5) is 11.5 Å². The first-order valence-electron chi connectivity index (χ1n) is 9.12. The molecule has 3 rings (SSSR count). The summed E-state index contributed by atoms with van der Waals surface area (Å²) in [7, 11) is 1.65. The van der Waals surface area contributed by atoms with Gasteiger partial charge in [-0.2, -0.15) is 9.78 Å². The molecular weight excluding hydrogens is 366 g/mol. The van der Waals surface area contributed by atoms with E-state index >= 15 is 0 Å². The van der Waals surface area contributed by atoms with Gasteiger partial charge in [0.25, 0.3) is 11.8 Å². The van der Waals surface area contributed by atoms with Crippen LogP contribution in [0.15, 0.2) is 12.3 Å². The highest BCUT2D eigenvalue weighted by molar-refractivity contribution is 6.03. The van der Waals surface area contributed by atoms with Crippen molar-refractivity contribution in [2.45, 2.75) is 39.2 Å². The topological polar surface area (TPSA) is 128 Å². The number of carbonyl (C=O) groups excluding carboxylic acids is 2. The first kappa shape index (κ1) is 19.5. The molecule has 3 heterocycles. The van der Waals surface area contributed by atoms with Crippen LogP contribution in [-0.2, 0) is 11.8 Å². The molecule has 0 radical (unpaired) electrons. The third-order valence-electron chi connectivity index (χ3n) is 4.89. The maximum atomic E-state index is 12.9. The summed E-state index contributed by atoms with van der Waals surface area (Å²) in [6, 6.07) is 0.506. The average Bonchev–Trinajstić information content (AvgIpc) is 3.24.